The number of hydrogen-bond donors (Lipinski definition) is 0. The number of rotatable bonds is 4. The van der Waals surface area contributed by atoms with Crippen molar-refractivity contribution < 1.29 is 14.3 Å². The predicted molar refractivity (Wildman–Crippen MR) is 93.2 cm³/mol. The van der Waals surface area contributed by atoms with Crippen molar-refractivity contribution in [1.82, 2.24) is 9.88 Å². The Bertz CT molecular complexity index is 571. The Labute approximate surface area is 147 Å². The lowest BCUT2D eigenvalue weighted by Gasteiger charge is -2.51. The maximum absolute atomic E-state index is 12.6. The molecule has 0 aliphatic carbocycles. The molecule has 0 N–H and O–H groups in total. The zero-order valence-corrected chi connectivity index (χ0v) is 14.7. The van der Waals surface area contributed by atoms with Crippen molar-refractivity contribution in [2.24, 2.45) is 11.8 Å². The maximum atomic E-state index is 12.6. The van der Waals surface area contributed by atoms with Crippen LogP contribution in [0.3, 0.4) is 0 Å². The molecule has 1 aromatic heterocycles. The number of amides is 1. The summed E-state index contributed by atoms with van der Waals surface area (Å²) in [6.07, 6.45) is 4.79. The number of carbonyl (C=O) groups excluding carboxylic acids is 1. The average Bonchev–Trinajstić information content (AvgIpc) is 3.04. The first-order valence-electron chi connectivity index (χ1n) is 8.81. The van der Waals surface area contributed by atoms with Gasteiger partial charge in [0.1, 0.15) is 5.60 Å². The van der Waals surface area contributed by atoms with Gasteiger partial charge < -0.3 is 14.4 Å². The maximum Gasteiger partial charge on any atom is 0.225 e. The molecule has 24 heavy (non-hydrogen) atoms. The Hall–Kier alpha value is -1.27. The molecule has 3 aliphatic heterocycles. The summed E-state index contributed by atoms with van der Waals surface area (Å²) in [5, 5.41) is 0. The normalized spacial score (nSPS) is 26.3. The molecule has 3 saturated heterocycles. The first kappa shape index (κ1) is 16.2. The van der Waals surface area contributed by atoms with Gasteiger partial charge in [-0.15, -0.1) is 0 Å². The first-order valence-corrected chi connectivity index (χ1v) is 9.97. The van der Waals surface area contributed by atoms with E-state index < -0.39 is 0 Å². The molecule has 1 aromatic rings. The third-order valence-corrected chi connectivity index (χ3v) is 6.52. The third-order valence-electron chi connectivity index (χ3n) is 5.47. The van der Waals surface area contributed by atoms with Crippen LogP contribution in [0.15, 0.2) is 24.4 Å². The predicted octanol–water partition coefficient (Wildman–Crippen LogP) is 2.22. The van der Waals surface area contributed by atoms with Gasteiger partial charge in [0.15, 0.2) is 0 Å². The molecular formula is C18H24N2O3S. The molecule has 0 saturated carbocycles. The molecule has 4 rings (SSSR count). The van der Waals surface area contributed by atoms with E-state index >= 15 is 0 Å². The number of ether oxygens (including phenoxy) is 2. The van der Waals surface area contributed by atoms with Gasteiger partial charge in [0, 0.05) is 30.7 Å². The quantitative estimate of drug-likeness (QED) is 0.835. The lowest BCUT2D eigenvalue weighted by molar-refractivity contribution is -0.170. The molecule has 130 valence electrons. The fourth-order valence-electron chi connectivity index (χ4n) is 3.95. The summed E-state index contributed by atoms with van der Waals surface area (Å²) in [4.78, 5) is 18.8. The van der Waals surface area contributed by atoms with Crippen molar-refractivity contribution in [2.75, 3.05) is 37.8 Å². The van der Waals surface area contributed by atoms with E-state index in [1.807, 2.05) is 34.9 Å². The van der Waals surface area contributed by atoms with Crippen molar-refractivity contribution in [3.8, 4) is 5.88 Å². The van der Waals surface area contributed by atoms with Crippen LogP contribution in [0.5, 0.6) is 5.88 Å². The highest BCUT2D eigenvalue weighted by Crippen LogP contribution is 2.41. The van der Waals surface area contributed by atoms with Gasteiger partial charge in [-0.1, -0.05) is 6.07 Å². The summed E-state index contributed by atoms with van der Waals surface area (Å²) in [6.45, 7) is 2.83. The Morgan fingerprint density at radius 1 is 1.33 bits per heavy atom. The lowest BCUT2D eigenvalue weighted by atomic mass is 9.80. The van der Waals surface area contributed by atoms with Crippen LogP contribution in [0, 0.1) is 11.8 Å². The van der Waals surface area contributed by atoms with Crippen molar-refractivity contribution in [3.63, 3.8) is 0 Å². The van der Waals surface area contributed by atoms with E-state index in [0.717, 1.165) is 50.5 Å². The summed E-state index contributed by atoms with van der Waals surface area (Å²) >= 11 is 1.96. The van der Waals surface area contributed by atoms with E-state index in [0.29, 0.717) is 24.3 Å². The van der Waals surface area contributed by atoms with Crippen LogP contribution in [0.25, 0.3) is 0 Å². The zero-order chi connectivity index (χ0) is 16.4. The molecule has 0 radical (unpaired) electrons. The van der Waals surface area contributed by atoms with E-state index in [4.69, 9.17) is 9.47 Å². The van der Waals surface area contributed by atoms with Crippen LogP contribution in [-0.4, -0.2) is 59.2 Å². The second-order valence-corrected chi connectivity index (χ2v) is 8.18. The summed E-state index contributed by atoms with van der Waals surface area (Å²) in [5.74, 6) is 3.80. The summed E-state index contributed by atoms with van der Waals surface area (Å²) < 4.78 is 11.9. The number of likely N-dealkylation sites (tertiary alicyclic amines) is 1. The Morgan fingerprint density at radius 3 is 2.92 bits per heavy atom. The van der Waals surface area contributed by atoms with E-state index in [1.54, 1.807) is 6.20 Å². The Kier molecular flexibility index (Phi) is 4.68. The van der Waals surface area contributed by atoms with Crippen molar-refractivity contribution in [3.05, 3.63) is 24.4 Å². The van der Waals surface area contributed by atoms with Crippen LogP contribution in [0.1, 0.15) is 19.3 Å². The molecule has 6 heteroatoms. The summed E-state index contributed by atoms with van der Waals surface area (Å²) in [6, 6.07) is 5.68. The molecule has 1 spiro atoms. The van der Waals surface area contributed by atoms with Gasteiger partial charge in [0.2, 0.25) is 11.8 Å². The monoisotopic (exact) mass is 348 g/mol. The van der Waals surface area contributed by atoms with Crippen LogP contribution in [0.2, 0.25) is 0 Å². The van der Waals surface area contributed by atoms with Crippen molar-refractivity contribution >= 4 is 17.7 Å². The number of pyridine rings is 1. The highest BCUT2D eigenvalue weighted by molar-refractivity contribution is 7.99. The highest BCUT2D eigenvalue weighted by Gasteiger charge is 2.55. The minimum atomic E-state index is -0.187. The molecular weight excluding hydrogens is 324 g/mol. The van der Waals surface area contributed by atoms with Gasteiger partial charge in [-0.3, -0.25) is 4.79 Å². The highest BCUT2D eigenvalue weighted by atomic mass is 32.2. The molecule has 4 heterocycles. The molecule has 5 nitrogen and oxygen atoms in total. The molecule has 1 atom stereocenters. The van der Waals surface area contributed by atoms with Crippen molar-refractivity contribution in [1.29, 1.82) is 0 Å². The molecule has 0 bridgehead atoms. The SMILES string of the molecule is O=C(C1CCSCC1)N1CC2(C1)OCC[C@H]2COc1ccccn1. The summed E-state index contributed by atoms with van der Waals surface area (Å²) in [7, 11) is 0. The molecule has 1 amide bonds. The smallest absolute Gasteiger partial charge is 0.225 e. The number of nitrogens with zero attached hydrogens (tertiary/aromatic N) is 2. The van der Waals surface area contributed by atoms with Crippen LogP contribution in [0.4, 0.5) is 0 Å². The minimum Gasteiger partial charge on any atom is -0.477 e. The lowest BCUT2D eigenvalue weighted by Crippen LogP contribution is -2.67. The average molecular weight is 348 g/mol. The topological polar surface area (TPSA) is 51.7 Å². The van der Waals surface area contributed by atoms with Crippen LogP contribution in [-0.2, 0) is 9.53 Å². The standard InChI is InChI=1S/C18H24N2O3S/c21-17(14-5-9-24-10-6-14)20-12-18(13-20)15(4-8-23-18)11-22-16-3-1-2-7-19-16/h1-3,7,14-15H,4-6,8-13H2/t15-/m0/s1. The third kappa shape index (κ3) is 3.14. The number of thioether (sulfide) groups is 1. The second kappa shape index (κ2) is 6.92. The van der Waals surface area contributed by atoms with Gasteiger partial charge in [-0.2, -0.15) is 11.8 Å². The zero-order valence-electron chi connectivity index (χ0n) is 13.9. The van der Waals surface area contributed by atoms with Gasteiger partial charge in [-0.25, -0.2) is 4.98 Å². The number of carbonyl (C=O) groups is 1. The fraction of sp³-hybridized carbons (Fsp3) is 0.667. The fourth-order valence-corrected chi connectivity index (χ4v) is 5.05. The van der Waals surface area contributed by atoms with E-state index in [1.165, 1.54) is 0 Å². The van der Waals surface area contributed by atoms with E-state index in [9.17, 15) is 4.79 Å². The number of hydrogen-bond acceptors (Lipinski definition) is 5. The van der Waals surface area contributed by atoms with Crippen LogP contribution < -0.4 is 4.74 Å². The van der Waals surface area contributed by atoms with E-state index in [-0.39, 0.29) is 11.5 Å². The minimum absolute atomic E-state index is 0.187. The van der Waals surface area contributed by atoms with Crippen molar-refractivity contribution in [2.45, 2.75) is 24.9 Å². The van der Waals surface area contributed by atoms with Crippen LogP contribution >= 0.6 is 11.8 Å². The van der Waals surface area contributed by atoms with Gasteiger partial charge in [-0.05, 0) is 36.8 Å². The van der Waals surface area contributed by atoms with Gasteiger partial charge >= 0.3 is 0 Å². The van der Waals surface area contributed by atoms with Gasteiger partial charge in [0.25, 0.3) is 0 Å². The molecule has 3 aliphatic rings. The second-order valence-electron chi connectivity index (χ2n) is 6.96. The molecule has 0 unspecified atom stereocenters. The Morgan fingerprint density at radius 2 is 2.17 bits per heavy atom. The van der Waals surface area contributed by atoms with Gasteiger partial charge in [0.05, 0.1) is 19.7 Å². The van der Waals surface area contributed by atoms with E-state index in [2.05, 4.69) is 4.98 Å². The Balaban J connectivity index is 1.31. The number of aromatic nitrogens is 1. The molecule has 3 fully saturated rings. The first-order chi connectivity index (χ1) is 11.8. The summed E-state index contributed by atoms with van der Waals surface area (Å²) in [5.41, 5.74) is -0.187. The molecule has 0 aromatic carbocycles. The largest absolute Gasteiger partial charge is 0.477 e.